The fourth-order valence-corrected chi connectivity index (χ4v) is 1.16. The third-order valence-electron chi connectivity index (χ3n) is 2.01. The van der Waals surface area contributed by atoms with E-state index in [9.17, 15) is 9.59 Å². The van der Waals surface area contributed by atoms with Crippen molar-refractivity contribution in [1.82, 2.24) is 4.90 Å². The van der Waals surface area contributed by atoms with Crippen LogP contribution in [0.4, 0.5) is 0 Å². The quantitative estimate of drug-likeness (QED) is 0.650. The number of aliphatic carboxylic acids is 1. The second-order valence-corrected chi connectivity index (χ2v) is 3.97. The van der Waals surface area contributed by atoms with Gasteiger partial charge in [-0.05, 0) is 13.8 Å². The molecule has 0 bridgehead atoms. The molecule has 0 aromatic rings. The van der Waals surface area contributed by atoms with Crippen molar-refractivity contribution in [3.63, 3.8) is 0 Å². The van der Waals surface area contributed by atoms with Gasteiger partial charge < -0.3 is 15.1 Å². The minimum atomic E-state index is -0.951. The summed E-state index contributed by atoms with van der Waals surface area (Å²) < 4.78 is 0. The van der Waals surface area contributed by atoms with Crippen molar-refractivity contribution in [1.29, 1.82) is 0 Å². The van der Waals surface area contributed by atoms with Crippen LogP contribution in [-0.2, 0) is 9.59 Å². The summed E-state index contributed by atoms with van der Waals surface area (Å²) >= 11 is 0. The molecule has 0 aromatic carbocycles. The molecule has 2 N–H and O–H groups in total. The lowest BCUT2D eigenvalue weighted by Crippen LogP contribution is -2.37. The number of carbonyl (C=O) groups excluding carboxylic acids is 1. The molecule has 0 rings (SSSR count). The second-order valence-electron chi connectivity index (χ2n) is 3.97. The molecule has 1 amide bonds. The molecule has 0 spiro atoms. The van der Waals surface area contributed by atoms with Crippen molar-refractivity contribution in [2.75, 3.05) is 19.7 Å². The highest BCUT2D eigenvalue weighted by molar-refractivity contribution is 5.88. The number of carboxylic acid groups (broad SMARTS) is 1. The fourth-order valence-electron chi connectivity index (χ4n) is 1.16. The fraction of sp³-hybridized carbons (Fsp3) is 0.636. The predicted molar refractivity (Wildman–Crippen MR) is 59.9 cm³/mol. The van der Waals surface area contributed by atoms with E-state index >= 15 is 0 Å². The maximum absolute atomic E-state index is 11.6. The number of aliphatic hydroxyl groups excluding tert-OH is 1. The Balaban J connectivity index is 4.55. The van der Waals surface area contributed by atoms with Crippen LogP contribution in [0.5, 0.6) is 0 Å². The third kappa shape index (κ3) is 5.50. The van der Waals surface area contributed by atoms with Crippen LogP contribution < -0.4 is 0 Å². The number of nitrogens with zero attached hydrogens (tertiary/aromatic N) is 1. The van der Waals surface area contributed by atoms with E-state index in [2.05, 4.69) is 0 Å². The highest BCUT2D eigenvalue weighted by Gasteiger charge is 2.18. The molecule has 0 aliphatic heterocycles. The van der Waals surface area contributed by atoms with Crippen molar-refractivity contribution < 1.29 is 19.8 Å². The number of amides is 1. The molecule has 1 unspecified atom stereocenters. The molecule has 1 atom stereocenters. The lowest BCUT2D eigenvalue weighted by molar-refractivity contribution is -0.142. The zero-order valence-corrected chi connectivity index (χ0v) is 9.93. The Kier molecular flexibility index (Phi) is 6.41. The van der Waals surface area contributed by atoms with Crippen LogP contribution in [0, 0.1) is 5.92 Å². The van der Waals surface area contributed by atoms with Gasteiger partial charge in [-0.1, -0.05) is 12.5 Å². The van der Waals surface area contributed by atoms with Gasteiger partial charge in [0.15, 0.2) is 0 Å². The summed E-state index contributed by atoms with van der Waals surface area (Å²) in [5.74, 6) is -1.85. The van der Waals surface area contributed by atoms with Crippen molar-refractivity contribution in [2.24, 2.45) is 5.92 Å². The van der Waals surface area contributed by atoms with Gasteiger partial charge in [0, 0.05) is 19.2 Å². The first kappa shape index (κ1) is 14.6. The van der Waals surface area contributed by atoms with Crippen LogP contribution in [-0.4, -0.2) is 46.7 Å². The molecule has 5 heteroatoms. The average Bonchev–Trinajstić information content (AvgIpc) is 2.15. The third-order valence-corrected chi connectivity index (χ3v) is 2.01. The monoisotopic (exact) mass is 229 g/mol. The predicted octanol–water partition coefficient (Wildman–Crippen LogP) is 0.494. The molecule has 0 saturated heterocycles. The van der Waals surface area contributed by atoms with Gasteiger partial charge >= 0.3 is 5.97 Å². The first-order valence-electron chi connectivity index (χ1n) is 5.16. The largest absolute Gasteiger partial charge is 0.481 e. The number of rotatable bonds is 6. The van der Waals surface area contributed by atoms with E-state index in [4.69, 9.17) is 10.2 Å². The van der Waals surface area contributed by atoms with Crippen LogP contribution in [0.15, 0.2) is 11.6 Å². The minimum absolute atomic E-state index is 0.110. The lowest BCUT2D eigenvalue weighted by atomic mass is 10.1. The van der Waals surface area contributed by atoms with E-state index in [1.165, 1.54) is 17.9 Å². The van der Waals surface area contributed by atoms with E-state index in [-0.39, 0.29) is 25.6 Å². The molecule has 0 heterocycles. The topological polar surface area (TPSA) is 77.8 Å². The smallest absolute Gasteiger partial charge is 0.308 e. The molecule has 0 aliphatic carbocycles. The maximum atomic E-state index is 11.6. The minimum Gasteiger partial charge on any atom is -0.481 e. The highest BCUT2D eigenvalue weighted by atomic mass is 16.4. The highest BCUT2D eigenvalue weighted by Crippen LogP contribution is 2.03. The van der Waals surface area contributed by atoms with E-state index in [1.807, 2.05) is 0 Å². The summed E-state index contributed by atoms with van der Waals surface area (Å²) in [5, 5.41) is 17.6. The zero-order chi connectivity index (χ0) is 12.7. The molecular weight excluding hydrogens is 210 g/mol. The Labute approximate surface area is 95.4 Å². The van der Waals surface area contributed by atoms with Crippen LogP contribution in [0.3, 0.4) is 0 Å². The number of hydrogen-bond donors (Lipinski definition) is 2. The Bertz CT molecular complexity index is 282. The summed E-state index contributed by atoms with van der Waals surface area (Å²) in [4.78, 5) is 23.7. The van der Waals surface area contributed by atoms with Gasteiger partial charge in [0.1, 0.15) is 0 Å². The SMILES string of the molecule is CC(C)=CC(=O)N(CCO)CC(C)C(=O)O. The number of allylic oxidation sites excluding steroid dienone is 1. The van der Waals surface area contributed by atoms with Gasteiger partial charge in [0.25, 0.3) is 0 Å². The molecule has 0 aromatic heterocycles. The standard InChI is InChI=1S/C11H19NO4/c1-8(2)6-10(14)12(4-5-13)7-9(3)11(15)16/h6,9,13H,4-5,7H2,1-3H3,(H,15,16). The van der Waals surface area contributed by atoms with Gasteiger partial charge in [0.05, 0.1) is 12.5 Å². The van der Waals surface area contributed by atoms with Gasteiger partial charge in [-0.2, -0.15) is 0 Å². The molecule has 0 saturated carbocycles. The number of carboxylic acids is 1. The van der Waals surface area contributed by atoms with E-state index in [0.29, 0.717) is 0 Å². The second kappa shape index (κ2) is 7.00. The van der Waals surface area contributed by atoms with Crippen molar-refractivity contribution >= 4 is 11.9 Å². The summed E-state index contributed by atoms with van der Waals surface area (Å²) in [6.07, 6.45) is 1.43. The van der Waals surface area contributed by atoms with Crippen molar-refractivity contribution in [3.05, 3.63) is 11.6 Å². The van der Waals surface area contributed by atoms with Crippen molar-refractivity contribution in [2.45, 2.75) is 20.8 Å². The lowest BCUT2D eigenvalue weighted by Gasteiger charge is -2.22. The average molecular weight is 229 g/mol. The summed E-state index contributed by atoms with van der Waals surface area (Å²) in [7, 11) is 0. The van der Waals surface area contributed by atoms with Gasteiger partial charge in [0.2, 0.25) is 5.91 Å². The van der Waals surface area contributed by atoms with E-state index < -0.39 is 11.9 Å². The zero-order valence-electron chi connectivity index (χ0n) is 9.93. The maximum Gasteiger partial charge on any atom is 0.308 e. The van der Waals surface area contributed by atoms with Crippen LogP contribution in [0.25, 0.3) is 0 Å². The normalized spacial score (nSPS) is 11.8. The Morgan fingerprint density at radius 2 is 1.94 bits per heavy atom. The van der Waals surface area contributed by atoms with E-state index in [1.54, 1.807) is 13.8 Å². The Morgan fingerprint density at radius 3 is 2.31 bits per heavy atom. The van der Waals surface area contributed by atoms with Crippen LogP contribution in [0.2, 0.25) is 0 Å². The van der Waals surface area contributed by atoms with Crippen LogP contribution in [0.1, 0.15) is 20.8 Å². The Hall–Kier alpha value is -1.36. The first-order chi connectivity index (χ1) is 7.38. The number of aliphatic hydroxyl groups is 1. The van der Waals surface area contributed by atoms with Crippen molar-refractivity contribution in [3.8, 4) is 0 Å². The molecule has 0 fully saturated rings. The van der Waals surface area contributed by atoms with Gasteiger partial charge in [-0.15, -0.1) is 0 Å². The summed E-state index contributed by atoms with van der Waals surface area (Å²) in [5.41, 5.74) is 0.843. The van der Waals surface area contributed by atoms with Gasteiger partial charge in [-0.3, -0.25) is 9.59 Å². The summed E-state index contributed by atoms with van der Waals surface area (Å²) in [6.45, 7) is 5.20. The number of hydrogen-bond acceptors (Lipinski definition) is 3. The molecular formula is C11H19NO4. The number of carbonyl (C=O) groups is 2. The summed E-state index contributed by atoms with van der Waals surface area (Å²) in [6, 6.07) is 0. The van der Waals surface area contributed by atoms with E-state index in [0.717, 1.165) is 5.57 Å². The molecule has 5 nitrogen and oxygen atoms in total. The Morgan fingerprint density at radius 1 is 1.38 bits per heavy atom. The first-order valence-corrected chi connectivity index (χ1v) is 5.16. The van der Waals surface area contributed by atoms with Crippen LogP contribution >= 0.6 is 0 Å². The molecule has 92 valence electrons. The molecule has 16 heavy (non-hydrogen) atoms. The molecule has 0 radical (unpaired) electrons. The molecule has 0 aliphatic rings. The van der Waals surface area contributed by atoms with Gasteiger partial charge in [-0.25, -0.2) is 0 Å².